The molecule has 3 heteroatoms. The van der Waals surface area contributed by atoms with E-state index in [1.807, 2.05) is 13.8 Å². The minimum atomic E-state index is -0.429. The lowest BCUT2D eigenvalue weighted by atomic mass is 10.2. The first kappa shape index (κ1) is 11.2. The summed E-state index contributed by atoms with van der Waals surface area (Å²) in [5.41, 5.74) is 6.23. The molecule has 0 unspecified atom stereocenters. The Hall–Kier alpha value is -0.760. The van der Waals surface area contributed by atoms with Gasteiger partial charge in [-0.2, -0.15) is 0 Å². The maximum absolute atomic E-state index is 12.8. The maximum Gasteiger partial charge on any atom is 0.146 e. The first-order valence-corrected chi connectivity index (χ1v) is 4.21. The zero-order chi connectivity index (χ0) is 9.72. The molecule has 0 spiro atoms. The largest absolute Gasteiger partial charge is 0.398 e. The molecule has 0 aliphatic heterocycles. The Kier molecular flexibility index (Phi) is 4.67. The van der Waals surface area contributed by atoms with Crippen molar-refractivity contribution in [2.75, 3.05) is 5.73 Å². The Labute approximate surface area is 77.3 Å². The summed E-state index contributed by atoms with van der Waals surface area (Å²) >= 11 is 5.46. The molecular formula is C9H13ClFN. The van der Waals surface area contributed by atoms with Crippen molar-refractivity contribution in [2.45, 2.75) is 20.8 Å². The molecule has 0 saturated heterocycles. The number of hydrogen-bond acceptors (Lipinski definition) is 1. The van der Waals surface area contributed by atoms with Crippen LogP contribution >= 0.6 is 11.6 Å². The molecule has 12 heavy (non-hydrogen) atoms. The molecule has 0 saturated carbocycles. The van der Waals surface area contributed by atoms with Crippen LogP contribution < -0.4 is 5.73 Å². The third-order valence-corrected chi connectivity index (χ3v) is 1.67. The lowest BCUT2D eigenvalue weighted by Gasteiger charge is -2.01. The number of hydrogen-bond donors (Lipinski definition) is 1. The van der Waals surface area contributed by atoms with E-state index in [2.05, 4.69) is 0 Å². The van der Waals surface area contributed by atoms with Gasteiger partial charge in [-0.1, -0.05) is 25.4 Å². The van der Waals surface area contributed by atoms with Crippen LogP contribution in [0.4, 0.5) is 10.1 Å². The second-order valence-electron chi connectivity index (χ2n) is 2.08. The molecule has 0 aliphatic rings. The lowest BCUT2D eigenvalue weighted by molar-refractivity contribution is 0.620. The second kappa shape index (κ2) is 4.99. The van der Waals surface area contributed by atoms with Gasteiger partial charge < -0.3 is 5.73 Å². The van der Waals surface area contributed by atoms with Crippen molar-refractivity contribution in [3.05, 3.63) is 28.5 Å². The normalized spacial score (nSPS) is 8.75. The zero-order valence-electron chi connectivity index (χ0n) is 7.49. The summed E-state index contributed by atoms with van der Waals surface area (Å²) in [6, 6.07) is 3.03. The van der Waals surface area contributed by atoms with Crippen LogP contribution in [0.15, 0.2) is 12.1 Å². The van der Waals surface area contributed by atoms with Gasteiger partial charge in [-0.05, 0) is 19.1 Å². The standard InChI is InChI=1S/C7H7ClFN.C2H6/c1-4-6(10)3-2-5(8)7(4)9;1-2/h2-3H,10H2,1H3;1-2H3. The molecular weight excluding hydrogens is 177 g/mol. The van der Waals surface area contributed by atoms with E-state index in [1.165, 1.54) is 6.07 Å². The van der Waals surface area contributed by atoms with Gasteiger partial charge in [0.05, 0.1) is 5.02 Å². The van der Waals surface area contributed by atoms with E-state index in [1.54, 1.807) is 13.0 Å². The minimum Gasteiger partial charge on any atom is -0.398 e. The Bertz CT molecular complexity index is 234. The van der Waals surface area contributed by atoms with E-state index in [0.717, 1.165) is 0 Å². The highest BCUT2D eigenvalue weighted by Gasteiger charge is 2.04. The number of nitrogens with two attached hydrogens (primary N) is 1. The second-order valence-corrected chi connectivity index (χ2v) is 2.48. The summed E-state index contributed by atoms with van der Waals surface area (Å²) < 4.78 is 12.8. The molecule has 1 nitrogen and oxygen atoms in total. The van der Waals surface area contributed by atoms with Gasteiger partial charge in [-0.3, -0.25) is 0 Å². The van der Waals surface area contributed by atoms with Gasteiger partial charge >= 0.3 is 0 Å². The van der Waals surface area contributed by atoms with E-state index >= 15 is 0 Å². The van der Waals surface area contributed by atoms with Crippen molar-refractivity contribution in [1.29, 1.82) is 0 Å². The molecule has 1 aromatic rings. The van der Waals surface area contributed by atoms with E-state index in [0.29, 0.717) is 11.3 Å². The van der Waals surface area contributed by atoms with Crippen molar-refractivity contribution in [2.24, 2.45) is 0 Å². The van der Waals surface area contributed by atoms with E-state index in [-0.39, 0.29) is 5.02 Å². The Morgan fingerprint density at radius 3 is 2.25 bits per heavy atom. The first-order chi connectivity index (χ1) is 5.63. The number of rotatable bonds is 0. The summed E-state index contributed by atoms with van der Waals surface area (Å²) in [4.78, 5) is 0. The van der Waals surface area contributed by atoms with Gasteiger partial charge in [0, 0.05) is 11.3 Å². The number of anilines is 1. The molecule has 1 aromatic carbocycles. The Morgan fingerprint density at radius 2 is 1.83 bits per heavy atom. The van der Waals surface area contributed by atoms with Crippen LogP contribution in [0.3, 0.4) is 0 Å². The predicted molar refractivity (Wildman–Crippen MR) is 51.9 cm³/mol. The summed E-state index contributed by atoms with van der Waals surface area (Å²) in [7, 11) is 0. The van der Waals surface area contributed by atoms with Crippen molar-refractivity contribution >= 4 is 17.3 Å². The molecule has 0 atom stereocenters. The van der Waals surface area contributed by atoms with Crippen molar-refractivity contribution in [1.82, 2.24) is 0 Å². The lowest BCUT2D eigenvalue weighted by Crippen LogP contribution is -1.92. The maximum atomic E-state index is 12.8. The third kappa shape index (κ3) is 2.38. The fourth-order valence-corrected chi connectivity index (χ4v) is 0.872. The fourth-order valence-electron chi connectivity index (χ4n) is 0.667. The molecule has 0 aliphatic carbocycles. The van der Waals surface area contributed by atoms with Crippen LogP contribution in [0.2, 0.25) is 5.02 Å². The third-order valence-electron chi connectivity index (χ3n) is 1.38. The van der Waals surface area contributed by atoms with E-state index < -0.39 is 5.82 Å². The molecule has 0 heterocycles. The SMILES string of the molecule is CC.Cc1c(N)ccc(Cl)c1F. The van der Waals surface area contributed by atoms with Crippen molar-refractivity contribution < 1.29 is 4.39 Å². The topological polar surface area (TPSA) is 26.0 Å². The summed E-state index contributed by atoms with van der Waals surface area (Å²) in [5, 5.41) is 0.117. The number of benzene rings is 1. The van der Waals surface area contributed by atoms with Crippen LogP contribution in [0.25, 0.3) is 0 Å². The van der Waals surface area contributed by atoms with Gasteiger partial charge in [0.15, 0.2) is 0 Å². The molecule has 68 valence electrons. The molecule has 0 amide bonds. The summed E-state index contributed by atoms with van der Waals surface area (Å²) in [5.74, 6) is -0.429. The Balaban J connectivity index is 0.000000561. The average Bonchev–Trinajstić information content (AvgIpc) is 2.12. The molecule has 2 N–H and O–H groups in total. The quantitative estimate of drug-likeness (QED) is 0.622. The fraction of sp³-hybridized carbons (Fsp3) is 0.333. The van der Waals surface area contributed by atoms with Crippen LogP contribution in [0.1, 0.15) is 19.4 Å². The van der Waals surface area contributed by atoms with Crippen molar-refractivity contribution in [3.8, 4) is 0 Å². The predicted octanol–water partition coefficient (Wildman–Crippen LogP) is 3.40. The van der Waals surface area contributed by atoms with E-state index in [4.69, 9.17) is 17.3 Å². The first-order valence-electron chi connectivity index (χ1n) is 3.83. The van der Waals surface area contributed by atoms with Gasteiger partial charge in [0.25, 0.3) is 0 Å². The van der Waals surface area contributed by atoms with E-state index in [9.17, 15) is 4.39 Å². The van der Waals surface area contributed by atoms with Gasteiger partial charge in [-0.25, -0.2) is 4.39 Å². The minimum absolute atomic E-state index is 0.117. The van der Waals surface area contributed by atoms with Crippen LogP contribution in [0.5, 0.6) is 0 Å². The highest BCUT2D eigenvalue weighted by atomic mass is 35.5. The summed E-state index contributed by atoms with van der Waals surface area (Å²) in [6.45, 7) is 5.59. The zero-order valence-corrected chi connectivity index (χ0v) is 8.24. The molecule has 0 aromatic heterocycles. The molecule has 0 bridgehead atoms. The van der Waals surface area contributed by atoms with Crippen LogP contribution in [0, 0.1) is 12.7 Å². The highest BCUT2D eigenvalue weighted by Crippen LogP contribution is 2.21. The van der Waals surface area contributed by atoms with Gasteiger partial charge in [0.2, 0.25) is 0 Å². The monoisotopic (exact) mass is 189 g/mol. The smallest absolute Gasteiger partial charge is 0.146 e. The molecule has 1 rings (SSSR count). The van der Waals surface area contributed by atoms with Crippen molar-refractivity contribution in [3.63, 3.8) is 0 Å². The highest BCUT2D eigenvalue weighted by molar-refractivity contribution is 6.30. The number of nitrogen functional groups attached to an aromatic ring is 1. The molecule has 0 radical (unpaired) electrons. The summed E-state index contributed by atoms with van der Waals surface area (Å²) in [6.07, 6.45) is 0. The number of halogens is 2. The van der Waals surface area contributed by atoms with Gasteiger partial charge in [0.1, 0.15) is 5.82 Å². The van der Waals surface area contributed by atoms with Gasteiger partial charge in [-0.15, -0.1) is 0 Å². The average molecular weight is 190 g/mol. The molecule has 0 fully saturated rings. The Morgan fingerprint density at radius 1 is 1.33 bits per heavy atom. The van der Waals surface area contributed by atoms with Crippen LogP contribution in [-0.4, -0.2) is 0 Å². The van der Waals surface area contributed by atoms with Crippen LogP contribution in [-0.2, 0) is 0 Å².